The largest absolute Gasteiger partial charge is 0.484 e. The lowest BCUT2D eigenvalue weighted by Crippen LogP contribution is -2.53. The van der Waals surface area contributed by atoms with E-state index in [-0.39, 0.29) is 110 Å². The molecule has 1 saturated heterocycles. The van der Waals surface area contributed by atoms with Crippen molar-refractivity contribution in [3.8, 4) is 5.75 Å². The van der Waals surface area contributed by atoms with E-state index in [0.29, 0.717) is 11.1 Å². The molecule has 3 rings (SSSR count). The molecule has 0 bridgehead atoms. The Balaban J connectivity index is 1.55. The molecule has 1 aliphatic heterocycles. The molecule has 6 atom stereocenters. The summed E-state index contributed by atoms with van der Waals surface area (Å²) in [6.07, 6.45) is -2.54. The predicted octanol–water partition coefficient (Wildman–Crippen LogP) is -2.68. The zero-order valence-corrected chi connectivity index (χ0v) is 49.1. The van der Waals surface area contributed by atoms with E-state index in [2.05, 4.69) is 26.6 Å². The molecule has 0 radical (unpaired) electrons. The van der Waals surface area contributed by atoms with E-state index < -0.39 is 172 Å². The first-order valence-corrected chi connectivity index (χ1v) is 28.5. The molecule has 2 aromatic carbocycles. The number of urea groups is 1. The first-order valence-electron chi connectivity index (χ1n) is 28.5. The molecule has 0 aromatic heterocycles. The highest BCUT2D eigenvalue weighted by Crippen LogP contribution is 2.16. The van der Waals surface area contributed by atoms with Crippen LogP contribution in [0.15, 0.2) is 54.6 Å². The van der Waals surface area contributed by atoms with Gasteiger partial charge in [0.05, 0.1) is 19.6 Å². The average Bonchev–Trinajstić information content (AvgIpc) is 2.53. The molecule has 0 aliphatic carbocycles. The minimum absolute atomic E-state index is 0.0208. The van der Waals surface area contributed by atoms with Gasteiger partial charge in [-0.25, -0.2) is 19.2 Å². The average molecular weight is 1280 g/mol. The minimum atomic E-state index is -1.59. The van der Waals surface area contributed by atoms with Gasteiger partial charge in [0.15, 0.2) is 6.61 Å². The van der Waals surface area contributed by atoms with Gasteiger partial charge in [0, 0.05) is 91.0 Å². The van der Waals surface area contributed by atoms with Crippen LogP contribution >= 0.6 is 0 Å². The minimum Gasteiger partial charge on any atom is -0.484 e. The number of ether oxygens (including phenoxy) is 1. The van der Waals surface area contributed by atoms with Crippen LogP contribution in [0.4, 0.5) is 4.79 Å². The second-order valence-electron chi connectivity index (χ2n) is 20.9. The predicted molar refractivity (Wildman–Crippen MR) is 309 cm³/mol. The zero-order valence-electron chi connectivity index (χ0n) is 49.1. The normalized spacial score (nSPS) is 15.6. The number of nitrogens with zero attached hydrogens (tertiary/aromatic N) is 4. The summed E-state index contributed by atoms with van der Waals surface area (Å²) in [6, 6.07) is 4.96. The Bertz CT molecular complexity index is 2760. The van der Waals surface area contributed by atoms with Crippen LogP contribution in [-0.2, 0) is 75.2 Å². The molecule has 6 unspecified atom stereocenters. The Labute approximate surface area is 514 Å². The molecule has 0 spiro atoms. The van der Waals surface area contributed by atoms with Crippen LogP contribution in [0.1, 0.15) is 68.9 Å². The van der Waals surface area contributed by atoms with Gasteiger partial charge in [-0.15, -0.1) is 0 Å². The van der Waals surface area contributed by atoms with E-state index in [0.717, 1.165) is 0 Å². The van der Waals surface area contributed by atoms with Crippen molar-refractivity contribution in [2.45, 2.75) is 107 Å². The van der Waals surface area contributed by atoms with Crippen LogP contribution in [0.5, 0.6) is 5.75 Å². The third kappa shape index (κ3) is 29.9. The Morgan fingerprint density at radius 3 is 1.36 bits per heavy atom. The van der Waals surface area contributed by atoms with Crippen molar-refractivity contribution in [2.75, 3.05) is 85.1 Å². The fourth-order valence-electron chi connectivity index (χ4n) is 9.36. The number of carboxylic acids is 9. The van der Waals surface area contributed by atoms with Crippen molar-refractivity contribution >= 4 is 83.4 Å². The molecule has 0 saturated carbocycles. The summed E-state index contributed by atoms with van der Waals surface area (Å²) in [5.41, 5.74) is 1.08. The number of carbonyl (C=O) groups excluding carboxylic acids is 5. The van der Waals surface area contributed by atoms with Crippen LogP contribution < -0.4 is 36.6 Å². The van der Waals surface area contributed by atoms with E-state index in [9.17, 15) is 108 Å². The Morgan fingerprint density at radius 2 is 0.878 bits per heavy atom. The monoisotopic (exact) mass is 1270 g/mol. The van der Waals surface area contributed by atoms with Crippen LogP contribution in [0, 0.1) is 0 Å². The molecule has 6 amide bonds. The quantitative estimate of drug-likeness (QED) is 0.0303. The summed E-state index contributed by atoms with van der Waals surface area (Å²) in [6.45, 7) is -2.95. The van der Waals surface area contributed by atoms with Crippen molar-refractivity contribution in [2.24, 2.45) is 0 Å². The fourth-order valence-corrected chi connectivity index (χ4v) is 9.36. The zero-order chi connectivity index (χ0) is 66.9. The maximum atomic E-state index is 13.4. The number of nitrogens with one attached hydrogen (secondary N) is 6. The molecule has 1 heterocycles. The second kappa shape index (κ2) is 39.4. The van der Waals surface area contributed by atoms with Gasteiger partial charge in [-0.1, -0.05) is 42.5 Å². The van der Waals surface area contributed by atoms with Gasteiger partial charge in [0.1, 0.15) is 42.0 Å². The SMILES string of the molecule is O=C(O)CCC(NC(=O)NC(CCCCNC(=O)C(Cc1ccccc1)NC(=O)COc1ccc(CC(NC(=O)CNC(=O)CCC(C(=O)O)N2CCN(CC(=O)O)CCN(C(CCC(=O)O)C(=O)O)CCN(CC(=O)O)CC2)C(=O)O)cc1)C(=O)O)C(=O)O. The molecular formula is C56H78N10O24. The molecule has 496 valence electrons. The molecule has 2 aromatic rings. The summed E-state index contributed by atoms with van der Waals surface area (Å²) in [5.74, 6) is -15.0. The van der Waals surface area contributed by atoms with Crippen molar-refractivity contribution < 1.29 is 118 Å². The van der Waals surface area contributed by atoms with Gasteiger partial charge in [-0.05, 0) is 61.8 Å². The summed E-state index contributed by atoms with van der Waals surface area (Å²) >= 11 is 0. The summed E-state index contributed by atoms with van der Waals surface area (Å²) in [5, 5.41) is 101. The number of unbranched alkanes of at least 4 members (excludes halogenated alkanes) is 1. The topological polar surface area (TPSA) is 515 Å². The van der Waals surface area contributed by atoms with Crippen molar-refractivity contribution in [3.63, 3.8) is 0 Å². The highest BCUT2D eigenvalue weighted by atomic mass is 16.5. The van der Waals surface area contributed by atoms with Crippen LogP contribution in [-0.4, -0.2) is 270 Å². The number of benzene rings is 2. The standard InChI is InChI=1S/C56H78N10O24/c67-43(16-14-41(54(85)86)65-24-20-63(31-48(74)75)22-26-66(42(55(87)88)15-18-47(72)73)27-23-64(21-25-65)32-49(76)77)58-30-44(68)60-40(53(83)84)29-35-9-11-36(12-10-35)90-33-45(69)59-39(28-34-6-2-1-3-7-34)50(78)57-19-5-4-8-37(51(79)80)61-56(89)62-38(52(81)82)13-17-46(70)71/h1-3,6-7,9-12,37-42H,4-5,8,13-33H2,(H,57,78)(H,58,67)(H,59,69)(H,60,68)(H,70,71)(H,72,73)(H,74,75)(H,76,77)(H,79,80)(H,81,82)(H,83,84)(H,85,86)(H,87,88)(H2,61,62,89). The lowest BCUT2D eigenvalue weighted by Gasteiger charge is -2.36. The van der Waals surface area contributed by atoms with Gasteiger partial charge < -0.3 is 82.6 Å². The molecule has 90 heavy (non-hydrogen) atoms. The van der Waals surface area contributed by atoms with E-state index in [1.54, 1.807) is 30.3 Å². The lowest BCUT2D eigenvalue weighted by molar-refractivity contribution is -0.146. The lowest BCUT2D eigenvalue weighted by atomic mass is 10.0. The molecule has 1 fully saturated rings. The second-order valence-corrected chi connectivity index (χ2v) is 20.9. The number of rotatable bonds is 39. The summed E-state index contributed by atoms with van der Waals surface area (Å²) in [4.78, 5) is 177. The third-order valence-electron chi connectivity index (χ3n) is 14.1. The number of aliphatic carboxylic acids is 9. The highest BCUT2D eigenvalue weighted by Gasteiger charge is 2.32. The summed E-state index contributed by atoms with van der Waals surface area (Å²) < 4.78 is 5.62. The number of carbonyl (C=O) groups is 14. The highest BCUT2D eigenvalue weighted by molar-refractivity contribution is 5.90. The fraction of sp³-hybridized carbons (Fsp3) is 0.536. The first-order chi connectivity index (χ1) is 42.6. The maximum Gasteiger partial charge on any atom is 0.326 e. The Hall–Kier alpha value is -9.54. The van der Waals surface area contributed by atoms with Crippen molar-refractivity contribution in [1.29, 1.82) is 0 Å². The molecular weight excluding hydrogens is 1200 g/mol. The Kier molecular flexibility index (Phi) is 32.7. The number of amides is 6. The maximum absolute atomic E-state index is 13.4. The van der Waals surface area contributed by atoms with E-state index in [1.807, 2.05) is 5.32 Å². The number of carboxylic acid groups (broad SMARTS) is 9. The molecule has 15 N–H and O–H groups in total. The van der Waals surface area contributed by atoms with Crippen LogP contribution in [0.25, 0.3) is 0 Å². The first kappa shape index (κ1) is 74.7. The van der Waals surface area contributed by atoms with Crippen LogP contribution in [0.3, 0.4) is 0 Å². The smallest absolute Gasteiger partial charge is 0.326 e. The van der Waals surface area contributed by atoms with Crippen LogP contribution in [0.2, 0.25) is 0 Å². The molecule has 34 heteroatoms. The van der Waals surface area contributed by atoms with Gasteiger partial charge in [0.2, 0.25) is 17.7 Å². The molecule has 1 aliphatic rings. The van der Waals surface area contributed by atoms with Gasteiger partial charge in [-0.3, -0.25) is 67.5 Å². The van der Waals surface area contributed by atoms with Gasteiger partial charge >= 0.3 is 59.8 Å². The van der Waals surface area contributed by atoms with Gasteiger partial charge in [0.25, 0.3) is 5.91 Å². The van der Waals surface area contributed by atoms with Crippen molar-refractivity contribution in [1.82, 2.24) is 51.5 Å². The van der Waals surface area contributed by atoms with E-state index in [4.69, 9.17) is 9.84 Å². The number of hydrogen-bond donors (Lipinski definition) is 15. The molecule has 34 nitrogen and oxygen atoms in total. The van der Waals surface area contributed by atoms with E-state index in [1.165, 1.54) is 43.9 Å². The van der Waals surface area contributed by atoms with Crippen molar-refractivity contribution in [3.05, 3.63) is 65.7 Å². The Morgan fingerprint density at radius 1 is 0.422 bits per heavy atom. The summed E-state index contributed by atoms with van der Waals surface area (Å²) in [7, 11) is 0. The van der Waals surface area contributed by atoms with E-state index >= 15 is 0 Å². The van der Waals surface area contributed by atoms with Gasteiger partial charge in [-0.2, -0.15) is 0 Å². The number of hydrogen-bond acceptors (Lipinski definition) is 19. The third-order valence-corrected chi connectivity index (χ3v) is 14.1.